The van der Waals surface area contributed by atoms with Gasteiger partial charge in [-0.2, -0.15) is 8.78 Å². The molecule has 0 aromatic heterocycles. The maximum atomic E-state index is 12.5. The fourth-order valence-electron chi connectivity index (χ4n) is 2.47. The molecule has 0 radical (unpaired) electrons. The smallest absolute Gasteiger partial charge is 0.387 e. The first-order valence-corrected chi connectivity index (χ1v) is 8.09. The Bertz CT molecular complexity index is 711. The molecule has 0 saturated heterocycles. The quantitative estimate of drug-likeness (QED) is 0.743. The van der Waals surface area contributed by atoms with Crippen molar-refractivity contribution in [3.05, 3.63) is 59.7 Å². The first kappa shape index (κ1) is 19.7. The average Bonchev–Trinajstić information content (AvgIpc) is 2.60. The highest BCUT2D eigenvalue weighted by atomic mass is 19.3. The van der Waals surface area contributed by atoms with Crippen LogP contribution in [0.5, 0.6) is 11.5 Å². The highest BCUT2D eigenvalue weighted by Gasteiger charge is 2.12. The van der Waals surface area contributed by atoms with E-state index in [0.29, 0.717) is 12.1 Å². The molecule has 0 aliphatic heterocycles. The second-order valence-electron chi connectivity index (χ2n) is 5.80. The molecule has 140 valence electrons. The molecule has 2 aromatic carbocycles. The van der Waals surface area contributed by atoms with Gasteiger partial charge in [-0.3, -0.25) is 9.69 Å². The number of hydrogen-bond acceptors (Lipinski definition) is 4. The molecule has 0 heterocycles. The van der Waals surface area contributed by atoms with Crippen LogP contribution in [-0.2, 0) is 17.9 Å². The van der Waals surface area contributed by atoms with Crippen LogP contribution in [0.25, 0.3) is 0 Å². The summed E-state index contributed by atoms with van der Waals surface area (Å²) >= 11 is 0. The number of ether oxygens (including phenoxy) is 2. The predicted octanol–water partition coefficient (Wildman–Crippen LogP) is 3.04. The first-order chi connectivity index (χ1) is 12.5. The van der Waals surface area contributed by atoms with Crippen molar-refractivity contribution in [2.45, 2.75) is 19.7 Å². The number of nitrogens with one attached hydrogen (secondary N) is 1. The van der Waals surface area contributed by atoms with E-state index in [1.165, 1.54) is 19.2 Å². The standard InChI is InChI=1S/C19H22F2N2O3/c1-23(12-14-6-4-3-5-7-14)13-18(24)22-11-15-8-9-16(25-2)17(10-15)26-19(20)21/h3-10,19H,11-13H2,1-2H3,(H,22,24). The van der Waals surface area contributed by atoms with E-state index in [-0.39, 0.29) is 30.5 Å². The number of nitrogens with zero attached hydrogens (tertiary/aromatic N) is 1. The maximum Gasteiger partial charge on any atom is 0.387 e. The number of rotatable bonds is 9. The summed E-state index contributed by atoms with van der Waals surface area (Å²) in [5, 5.41) is 2.77. The van der Waals surface area contributed by atoms with Gasteiger partial charge < -0.3 is 14.8 Å². The van der Waals surface area contributed by atoms with E-state index in [1.54, 1.807) is 6.07 Å². The summed E-state index contributed by atoms with van der Waals surface area (Å²) in [7, 11) is 3.23. The van der Waals surface area contributed by atoms with Gasteiger partial charge in [0, 0.05) is 13.1 Å². The minimum atomic E-state index is -2.94. The zero-order valence-electron chi connectivity index (χ0n) is 14.7. The number of hydrogen-bond donors (Lipinski definition) is 1. The predicted molar refractivity (Wildman–Crippen MR) is 94.2 cm³/mol. The van der Waals surface area contributed by atoms with Crippen LogP contribution in [0, 0.1) is 0 Å². The van der Waals surface area contributed by atoms with Crippen LogP contribution in [0.2, 0.25) is 0 Å². The van der Waals surface area contributed by atoms with Gasteiger partial charge in [0.25, 0.3) is 0 Å². The van der Waals surface area contributed by atoms with Crippen molar-refractivity contribution < 1.29 is 23.0 Å². The van der Waals surface area contributed by atoms with Gasteiger partial charge in [-0.05, 0) is 30.3 Å². The lowest BCUT2D eigenvalue weighted by molar-refractivity contribution is -0.122. The second-order valence-corrected chi connectivity index (χ2v) is 5.80. The van der Waals surface area contributed by atoms with E-state index < -0.39 is 6.61 Å². The molecule has 7 heteroatoms. The van der Waals surface area contributed by atoms with Crippen molar-refractivity contribution in [2.24, 2.45) is 0 Å². The Morgan fingerprint density at radius 2 is 1.85 bits per heavy atom. The van der Waals surface area contributed by atoms with Crippen LogP contribution in [0.1, 0.15) is 11.1 Å². The lowest BCUT2D eigenvalue weighted by atomic mass is 10.2. The van der Waals surface area contributed by atoms with Crippen LogP contribution in [-0.4, -0.2) is 38.1 Å². The fourth-order valence-corrected chi connectivity index (χ4v) is 2.47. The van der Waals surface area contributed by atoms with Gasteiger partial charge in [-0.1, -0.05) is 36.4 Å². The molecule has 1 N–H and O–H groups in total. The number of carbonyl (C=O) groups is 1. The van der Waals surface area contributed by atoms with Crippen molar-refractivity contribution in [2.75, 3.05) is 20.7 Å². The lowest BCUT2D eigenvalue weighted by Gasteiger charge is -2.16. The molecule has 5 nitrogen and oxygen atoms in total. The summed E-state index contributed by atoms with van der Waals surface area (Å²) in [6, 6.07) is 14.5. The van der Waals surface area contributed by atoms with Crippen LogP contribution in [0.3, 0.4) is 0 Å². The summed E-state index contributed by atoms with van der Waals surface area (Å²) in [6.45, 7) is -1.85. The van der Waals surface area contributed by atoms with Gasteiger partial charge in [-0.25, -0.2) is 0 Å². The Hall–Kier alpha value is -2.67. The maximum absolute atomic E-state index is 12.5. The van der Waals surface area contributed by atoms with Gasteiger partial charge in [0.1, 0.15) is 0 Å². The number of methoxy groups -OCH3 is 1. The topological polar surface area (TPSA) is 50.8 Å². The number of amides is 1. The molecular weight excluding hydrogens is 342 g/mol. The molecule has 0 fully saturated rings. The van der Waals surface area contributed by atoms with Crippen LogP contribution in [0.15, 0.2) is 48.5 Å². The molecule has 0 saturated carbocycles. The summed E-state index contributed by atoms with van der Waals surface area (Å²) in [5.74, 6) is -0.00556. The van der Waals surface area contributed by atoms with Crippen LogP contribution < -0.4 is 14.8 Å². The van der Waals surface area contributed by atoms with E-state index in [2.05, 4.69) is 10.1 Å². The lowest BCUT2D eigenvalue weighted by Crippen LogP contribution is -2.34. The van der Waals surface area contributed by atoms with E-state index in [0.717, 1.165) is 5.56 Å². The Morgan fingerprint density at radius 3 is 2.50 bits per heavy atom. The van der Waals surface area contributed by atoms with Crippen molar-refractivity contribution in [3.63, 3.8) is 0 Å². The monoisotopic (exact) mass is 364 g/mol. The number of likely N-dealkylation sites (N-methyl/N-ethyl adjacent to an activating group) is 1. The Kier molecular flexibility index (Phi) is 7.35. The minimum absolute atomic E-state index is 0.0598. The third-order valence-corrected chi connectivity index (χ3v) is 3.64. The fraction of sp³-hybridized carbons (Fsp3) is 0.316. The van der Waals surface area contributed by atoms with Crippen molar-refractivity contribution in [1.29, 1.82) is 0 Å². The van der Waals surface area contributed by atoms with Gasteiger partial charge in [0.15, 0.2) is 11.5 Å². The Balaban J connectivity index is 1.86. The third kappa shape index (κ3) is 6.33. The number of halogens is 2. The van der Waals surface area contributed by atoms with Gasteiger partial charge in [0.05, 0.1) is 13.7 Å². The number of carbonyl (C=O) groups excluding carboxylic acids is 1. The normalized spacial score (nSPS) is 10.8. The molecule has 0 atom stereocenters. The molecule has 0 spiro atoms. The number of benzene rings is 2. The summed E-state index contributed by atoms with van der Waals surface area (Å²) in [4.78, 5) is 14.0. The zero-order chi connectivity index (χ0) is 18.9. The highest BCUT2D eigenvalue weighted by molar-refractivity contribution is 5.78. The Labute approximate surface area is 151 Å². The molecule has 0 aliphatic carbocycles. The molecule has 2 rings (SSSR count). The molecule has 0 unspecified atom stereocenters. The molecule has 1 amide bonds. The number of alkyl halides is 2. The van der Waals surface area contributed by atoms with Gasteiger partial charge in [0.2, 0.25) is 5.91 Å². The summed E-state index contributed by atoms with van der Waals surface area (Å²) in [5.41, 5.74) is 1.76. The van der Waals surface area contributed by atoms with E-state index >= 15 is 0 Å². The average molecular weight is 364 g/mol. The largest absolute Gasteiger partial charge is 0.493 e. The van der Waals surface area contributed by atoms with Crippen molar-refractivity contribution in [3.8, 4) is 11.5 Å². The van der Waals surface area contributed by atoms with E-state index in [9.17, 15) is 13.6 Å². The van der Waals surface area contributed by atoms with Gasteiger partial charge >= 0.3 is 6.61 Å². The molecule has 0 aliphatic rings. The van der Waals surface area contributed by atoms with Crippen molar-refractivity contribution in [1.82, 2.24) is 10.2 Å². The first-order valence-electron chi connectivity index (χ1n) is 8.09. The Morgan fingerprint density at radius 1 is 1.12 bits per heavy atom. The molecule has 0 bridgehead atoms. The molecular formula is C19H22F2N2O3. The van der Waals surface area contributed by atoms with E-state index in [1.807, 2.05) is 42.3 Å². The molecule has 2 aromatic rings. The van der Waals surface area contributed by atoms with Crippen molar-refractivity contribution >= 4 is 5.91 Å². The van der Waals surface area contributed by atoms with E-state index in [4.69, 9.17) is 4.74 Å². The minimum Gasteiger partial charge on any atom is -0.493 e. The molecule has 26 heavy (non-hydrogen) atoms. The summed E-state index contributed by atoms with van der Waals surface area (Å²) in [6.07, 6.45) is 0. The highest BCUT2D eigenvalue weighted by Crippen LogP contribution is 2.29. The van der Waals surface area contributed by atoms with Crippen LogP contribution in [0.4, 0.5) is 8.78 Å². The third-order valence-electron chi connectivity index (χ3n) is 3.64. The zero-order valence-corrected chi connectivity index (χ0v) is 14.7. The van der Waals surface area contributed by atoms with Crippen LogP contribution >= 0.6 is 0 Å². The SMILES string of the molecule is COc1ccc(CNC(=O)CN(C)Cc2ccccc2)cc1OC(F)F. The van der Waals surface area contributed by atoms with Gasteiger partial charge in [-0.15, -0.1) is 0 Å². The summed E-state index contributed by atoms with van der Waals surface area (Å²) < 4.78 is 34.3. The second kappa shape index (κ2) is 9.72.